The van der Waals surface area contributed by atoms with Crippen LogP contribution < -0.4 is 24.8 Å². The first-order valence-electron chi connectivity index (χ1n) is 13.1. The molecule has 11 nitrogen and oxygen atoms in total. The Balaban J connectivity index is 1.31. The van der Waals surface area contributed by atoms with Crippen LogP contribution in [0.25, 0.3) is 22.0 Å². The van der Waals surface area contributed by atoms with Crippen LogP contribution in [-0.2, 0) is 19.6 Å². The molecule has 1 aromatic carbocycles. The predicted molar refractivity (Wildman–Crippen MR) is 148 cm³/mol. The number of amides is 2. The number of fused-ring (bicyclic) bond motifs is 1. The molecule has 212 valence electrons. The van der Waals surface area contributed by atoms with Crippen molar-refractivity contribution in [2.75, 3.05) is 13.7 Å². The second-order valence-corrected chi connectivity index (χ2v) is 12.0. The number of furan rings is 1. The fourth-order valence-electron chi connectivity index (χ4n) is 4.71. The molecule has 1 aliphatic carbocycles. The van der Waals surface area contributed by atoms with Gasteiger partial charge in [0.05, 0.1) is 36.6 Å². The summed E-state index contributed by atoms with van der Waals surface area (Å²) in [6, 6.07) is 8.65. The Bertz CT molecular complexity index is 1540. The van der Waals surface area contributed by atoms with Gasteiger partial charge in [-0.3, -0.25) is 14.3 Å². The highest BCUT2D eigenvalue weighted by Gasteiger charge is 2.44. The molecule has 0 spiro atoms. The molecule has 3 heterocycles. The first kappa shape index (κ1) is 27.7. The number of nitrogens with one attached hydrogen (secondary N) is 3. The third-order valence-corrected chi connectivity index (χ3v) is 9.18. The molecule has 2 aliphatic rings. The Morgan fingerprint density at radius 1 is 1.27 bits per heavy atom. The van der Waals surface area contributed by atoms with Crippen LogP contribution in [0.5, 0.6) is 11.6 Å². The highest BCUT2D eigenvalue weighted by molar-refractivity contribution is 7.91. The summed E-state index contributed by atoms with van der Waals surface area (Å²) in [5.74, 6) is -0.180. The minimum atomic E-state index is -3.79. The number of hydrogen-bond donors (Lipinski definition) is 3. The lowest BCUT2D eigenvalue weighted by molar-refractivity contribution is -0.131. The van der Waals surface area contributed by atoms with Crippen molar-refractivity contribution in [2.45, 2.75) is 55.5 Å². The SMILES string of the molecule is C=C[C@@](CC)(NC(=O)[C@@H]1C[C@@H](Oc2nc(-c3ccoc3)cc3cc(OC)ccc23)CN1)C(=O)NS(=O)(=O)C1CC1. The minimum Gasteiger partial charge on any atom is -0.497 e. The predicted octanol–water partition coefficient (Wildman–Crippen LogP) is 2.67. The smallest absolute Gasteiger partial charge is 0.263 e. The Hall–Kier alpha value is -3.90. The summed E-state index contributed by atoms with van der Waals surface area (Å²) in [7, 11) is -2.19. The van der Waals surface area contributed by atoms with Gasteiger partial charge in [0.1, 0.15) is 17.4 Å². The number of sulfonamides is 1. The van der Waals surface area contributed by atoms with Crippen molar-refractivity contribution in [2.24, 2.45) is 0 Å². The number of carbonyl (C=O) groups excluding carboxylic acids is 2. The van der Waals surface area contributed by atoms with Crippen LogP contribution in [0, 0.1) is 0 Å². The van der Waals surface area contributed by atoms with E-state index in [2.05, 4.69) is 21.9 Å². The van der Waals surface area contributed by atoms with Crippen LogP contribution in [0.4, 0.5) is 0 Å². The van der Waals surface area contributed by atoms with E-state index < -0.39 is 44.8 Å². The molecular formula is C28H32N4O7S. The van der Waals surface area contributed by atoms with E-state index in [-0.39, 0.29) is 6.42 Å². The summed E-state index contributed by atoms with van der Waals surface area (Å²) < 4.78 is 43.7. The van der Waals surface area contributed by atoms with Crippen LogP contribution in [0.3, 0.4) is 0 Å². The highest BCUT2D eigenvalue weighted by atomic mass is 32.2. The van der Waals surface area contributed by atoms with Gasteiger partial charge in [0.2, 0.25) is 21.8 Å². The second kappa shape index (κ2) is 10.9. The van der Waals surface area contributed by atoms with Crippen molar-refractivity contribution in [3.8, 4) is 22.9 Å². The molecule has 1 saturated carbocycles. The van der Waals surface area contributed by atoms with E-state index in [1.807, 2.05) is 24.3 Å². The zero-order chi connectivity index (χ0) is 28.5. The van der Waals surface area contributed by atoms with Gasteiger partial charge in [0.25, 0.3) is 5.91 Å². The fourth-order valence-corrected chi connectivity index (χ4v) is 6.08. The topological polar surface area (TPSA) is 149 Å². The third-order valence-electron chi connectivity index (χ3n) is 7.36. The van der Waals surface area contributed by atoms with Crippen molar-refractivity contribution in [1.29, 1.82) is 0 Å². The van der Waals surface area contributed by atoms with Crippen molar-refractivity contribution >= 4 is 32.6 Å². The third kappa shape index (κ3) is 5.54. The van der Waals surface area contributed by atoms with E-state index >= 15 is 0 Å². The number of aromatic nitrogens is 1. The van der Waals surface area contributed by atoms with Crippen LogP contribution in [0.15, 0.2) is 59.9 Å². The summed E-state index contributed by atoms with van der Waals surface area (Å²) in [4.78, 5) is 30.9. The van der Waals surface area contributed by atoms with E-state index in [9.17, 15) is 18.0 Å². The number of pyridine rings is 1. The summed E-state index contributed by atoms with van der Waals surface area (Å²) in [6.07, 6.45) is 5.51. The van der Waals surface area contributed by atoms with Crippen LogP contribution in [0.1, 0.15) is 32.6 Å². The molecule has 0 bridgehead atoms. The maximum absolute atomic E-state index is 13.2. The summed E-state index contributed by atoms with van der Waals surface area (Å²) in [5, 5.41) is 6.93. The largest absolute Gasteiger partial charge is 0.497 e. The number of benzene rings is 1. The molecule has 1 aliphatic heterocycles. The van der Waals surface area contributed by atoms with Crippen molar-refractivity contribution in [3.63, 3.8) is 0 Å². The molecule has 2 fully saturated rings. The van der Waals surface area contributed by atoms with E-state index in [1.54, 1.807) is 32.6 Å². The molecule has 5 rings (SSSR count). The highest BCUT2D eigenvalue weighted by Crippen LogP contribution is 2.33. The Morgan fingerprint density at radius 3 is 2.73 bits per heavy atom. The van der Waals surface area contributed by atoms with Gasteiger partial charge in [0.15, 0.2) is 0 Å². The molecule has 2 amide bonds. The van der Waals surface area contributed by atoms with Crippen molar-refractivity contribution in [3.05, 3.63) is 55.5 Å². The Morgan fingerprint density at radius 2 is 2.08 bits per heavy atom. The number of nitrogens with zero attached hydrogens (tertiary/aromatic N) is 1. The molecule has 40 heavy (non-hydrogen) atoms. The molecule has 3 N–H and O–H groups in total. The van der Waals surface area contributed by atoms with E-state index in [0.29, 0.717) is 43.1 Å². The van der Waals surface area contributed by atoms with E-state index in [1.165, 1.54) is 6.08 Å². The normalized spacial score (nSPS) is 20.4. The van der Waals surface area contributed by atoms with E-state index in [4.69, 9.17) is 18.9 Å². The van der Waals surface area contributed by atoms with Gasteiger partial charge >= 0.3 is 0 Å². The zero-order valence-corrected chi connectivity index (χ0v) is 23.1. The minimum absolute atomic E-state index is 0.126. The van der Waals surface area contributed by atoms with Crippen molar-refractivity contribution in [1.82, 2.24) is 20.3 Å². The molecule has 0 unspecified atom stereocenters. The average molecular weight is 569 g/mol. The van der Waals surface area contributed by atoms with Crippen LogP contribution in [0.2, 0.25) is 0 Å². The summed E-state index contributed by atoms with van der Waals surface area (Å²) in [6.45, 7) is 5.74. The maximum Gasteiger partial charge on any atom is 0.263 e. The number of hydrogen-bond acceptors (Lipinski definition) is 9. The molecule has 0 radical (unpaired) electrons. The second-order valence-electron chi connectivity index (χ2n) is 10.0. The van der Waals surface area contributed by atoms with Gasteiger partial charge in [-0.2, -0.15) is 0 Å². The quantitative estimate of drug-likeness (QED) is 0.297. The van der Waals surface area contributed by atoms with Crippen LogP contribution >= 0.6 is 0 Å². The zero-order valence-electron chi connectivity index (χ0n) is 22.3. The molecule has 12 heteroatoms. The molecule has 1 saturated heterocycles. The van der Waals surface area contributed by atoms with Crippen molar-refractivity contribution < 1.29 is 31.9 Å². The number of carbonyl (C=O) groups is 2. The van der Waals surface area contributed by atoms with Gasteiger partial charge in [-0.15, -0.1) is 6.58 Å². The average Bonchev–Trinajstić information content (AvgIpc) is 3.48. The van der Waals surface area contributed by atoms with Gasteiger partial charge in [-0.25, -0.2) is 13.4 Å². The first-order chi connectivity index (χ1) is 19.2. The molecule has 3 aromatic rings. The number of ether oxygens (including phenoxy) is 2. The lowest BCUT2D eigenvalue weighted by Crippen LogP contribution is -2.60. The van der Waals surface area contributed by atoms with Gasteiger partial charge in [0, 0.05) is 23.9 Å². The van der Waals surface area contributed by atoms with E-state index in [0.717, 1.165) is 16.3 Å². The molecule has 2 aromatic heterocycles. The lowest BCUT2D eigenvalue weighted by atomic mass is 9.94. The van der Waals surface area contributed by atoms with Crippen LogP contribution in [-0.4, -0.2) is 61.8 Å². The Labute approximate surface area is 232 Å². The molecule has 3 atom stereocenters. The fraction of sp³-hybridized carbons (Fsp3) is 0.393. The monoisotopic (exact) mass is 568 g/mol. The number of methoxy groups -OCH3 is 1. The summed E-state index contributed by atoms with van der Waals surface area (Å²) in [5.41, 5.74) is -0.121. The van der Waals surface area contributed by atoms with Gasteiger partial charge in [-0.1, -0.05) is 13.0 Å². The lowest BCUT2D eigenvalue weighted by Gasteiger charge is -2.30. The first-order valence-corrected chi connectivity index (χ1v) is 14.7. The summed E-state index contributed by atoms with van der Waals surface area (Å²) >= 11 is 0. The molecular weight excluding hydrogens is 536 g/mol. The number of rotatable bonds is 11. The Kier molecular flexibility index (Phi) is 7.56. The van der Waals surface area contributed by atoms with Gasteiger partial charge in [-0.05, 0) is 55.0 Å². The standard InChI is InChI=1S/C28H32N4O7S/c1-4-28(5-2,27(34)32-40(35,36)21-7-8-21)31-25(33)24-14-20(15-29-24)39-26-22-9-6-19(37-3)12-18(22)13-23(30-26)17-10-11-38-16-17/h4,6,9-13,16,20-21,24,29H,1,5,7-8,14-15H2,2-3H3,(H,31,33)(H,32,34)/t20-,24+,28+/m1/s1. The maximum atomic E-state index is 13.2. The van der Waals surface area contributed by atoms with Gasteiger partial charge < -0.3 is 24.5 Å².